The van der Waals surface area contributed by atoms with Crippen molar-refractivity contribution in [3.63, 3.8) is 0 Å². The summed E-state index contributed by atoms with van der Waals surface area (Å²) in [5, 5.41) is 4.70. The number of aromatic nitrogens is 2. The molecule has 72 valence electrons. The van der Waals surface area contributed by atoms with Crippen LogP contribution in [0.4, 0.5) is 4.39 Å². The summed E-state index contributed by atoms with van der Waals surface area (Å²) in [6, 6.07) is 1.90. The van der Waals surface area contributed by atoms with Gasteiger partial charge in [-0.25, -0.2) is 4.39 Å². The molecule has 2 atom stereocenters. The molecule has 2 rings (SSSR count). The Morgan fingerprint density at radius 3 is 3.00 bits per heavy atom. The van der Waals surface area contributed by atoms with E-state index in [2.05, 4.69) is 5.10 Å². The van der Waals surface area contributed by atoms with Crippen LogP contribution in [0.2, 0.25) is 5.15 Å². The molecule has 0 spiro atoms. The molecule has 0 saturated heterocycles. The van der Waals surface area contributed by atoms with Gasteiger partial charge in [0, 0.05) is 6.42 Å². The van der Waals surface area contributed by atoms with Crippen LogP contribution in [0.3, 0.4) is 0 Å². The molecular formula is C9H12ClFN2. The first-order chi connectivity index (χ1) is 6.27. The maximum Gasteiger partial charge on any atom is 0.127 e. The SMILES string of the molecule is FC1CCCC(n2nccc2Cl)C1. The van der Waals surface area contributed by atoms with Crippen LogP contribution in [-0.4, -0.2) is 16.0 Å². The zero-order chi connectivity index (χ0) is 9.26. The molecule has 1 aromatic heterocycles. The molecule has 2 unspecified atom stereocenters. The van der Waals surface area contributed by atoms with E-state index >= 15 is 0 Å². The van der Waals surface area contributed by atoms with E-state index in [-0.39, 0.29) is 6.04 Å². The lowest BCUT2D eigenvalue weighted by Gasteiger charge is -2.25. The highest BCUT2D eigenvalue weighted by Gasteiger charge is 2.24. The highest BCUT2D eigenvalue weighted by Crippen LogP contribution is 2.31. The van der Waals surface area contributed by atoms with Crippen molar-refractivity contribution in [2.24, 2.45) is 0 Å². The van der Waals surface area contributed by atoms with E-state index in [1.54, 1.807) is 16.9 Å². The second-order valence-corrected chi connectivity index (χ2v) is 3.90. The van der Waals surface area contributed by atoms with Gasteiger partial charge in [-0.05, 0) is 25.3 Å². The van der Waals surface area contributed by atoms with Gasteiger partial charge in [0.25, 0.3) is 0 Å². The molecule has 1 fully saturated rings. The molecule has 1 aromatic rings. The van der Waals surface area contributed by atoms with Crippen molar-refractivity contribution in [3.05, 3.63) is 17.4 Å². The van der Waals surface area contributed by atoms with Gasteiger partial charge < -0.3 is 0 Å². The molecule has 0 amide bonds. The molecule has 1 saturated carbocycles. The van der Waals surface area contributed by atoms with E-state index in [4.69, 9.17) is 11.6 Å². The van der Waals surface area contributed by atoms with E-state index in [0.717, 1.165) is 12.8 Å². The number of halogens is 2. The highest BCUT2D eigenvalue weighted by molar-refractivity contribution is 6.29. The molecule has 1 heterocycles. The fourth-order valence-electron chi connectivity index (χ4n) is 1.89. The number of hydrogen-bond donors (Lipinski definition) is 0. The van der Waals surface area contributed by atoms with Crippen LogP contribution in [-0.2, 0) is 0 Å². The van der Waals surface area contributed by atoms with Crippen molar-refractivity contribution < 1.29 is 4.39 Å². The third kappa shape index (κ3) is 1.85. The topological polar surface area (TPSA) is 17.8 Å². The first kappa shape index (κ1) is 9.00. The monoisotopic (exact) mass is 202 g/mol. The molecule has 1 aliphatic rings. The van der Waals surface area contributed by atoms with Gasteiger partial charge >= 0.3 is 0 Å². The first-order valence-electron chi connectivity index (χ1n) is 4.60. The predicted octanol–water partition coefficient (Wildman–Crippen LogP) is 2.99. The Labute approximate surface area is 81.7 Å². The summed E-state index contributed by atoms with van der Waals surface area (Å²) in [5.41, 5.74) is 0. The minimum absolute atomic E-state index is 0.159. The van der Waals surface area contributed by atoms with Crippen LogP contribution in [0.1, 0.15) is 31.7 Å². The molecule has 0 aliphatic heterocycles. The lowest BCUT2D eigenvalue weighted by atomic mass is 9.94. The van der Waals surface area contributed by atoms with Crippen LogP contribution in [0.5, 0.6) is 0 Å². The third-order valence-electron chi connectivity index (χ3n) is 2.55. The van der Waals surface area contributed by atoms with Crippen molar-refractivity contribution >= 4 is 11.6 Å². The second kappa shape index (κ2) is 3.66. The van der Waals surface area contributed by atoms with E-state index < -0.39 is 6.17 Å². The summed E-state index contributed by atoms with van der Waals surface area (Å²) >= 11 is 5.90. The molecule has 0 N–H and O–H groups in total. The lowest BCUT2D eigenvalue weighted by Crippen LogP contribution is -2.20. The molecule has 1 aliphatic carbocycles. The summed E-state index contributed by atoms with van der Waals surface area (Å²) in [5.74, 6) is 0. The molecule has 2 nitrogen and oxygen atoms in total. The normalized spacial score (nSPS) is 29.1. The van der Waals surface area contributed by atoms with E-state index in [0.29, 0.717) is 18.0 Å². The summed E-state index contributed by atoms with van der Waals surface area (Å²) in [6.45, 7) is 0. The summed E-state index contributed by atoms with van der Waals surface area (Å²) in [6.07, 6.45) is 4.14. The zero-order valence-electron chi connectivity index (χ0n) is 7.29. The Kier molecular flexibility index (Phi) is 2.54. The second-order valence-electron chi connectivity index (χ2n) is 3.52. The minimum Gasteiger partial charge on any atom is -0.251 e. The molecule has 13 heavy (non-hydrogen) atoms. The number of alkyl halides is 1. The standard InChI is InChI=1S/C9H12ClFN2/c10-9-4-5-12-13(9)8-3-1-2-7(11)6-8/h4-5,7-8H,1-3,6H2. The fraction of sp³-hybridized carbons (Fsp3) is 0.667. The first-order valence-corrected chi connectivity index (χ1v) is 4.98. The van der Waals surface area contributed by atoms with Gasteiger partial charge in [-0.1, -0.05) is 11.6 Å². The Morgan fingerprint density at radius 1 is 1.54 bits per heavy atom. The number of hydrogen-bond acceptors (Lipinski definition) is 1. The quantitative estimate of drug-likeness (QED) is 0.685. The molecular weight excluding hydrogens is 191 g/mol. The Morgan fingerprint density at radius 2 is 2.38 bits per heavy atom. The molecule has 4 heteroatoms. The lowest BCUT2D eigenvalue weighted by molar-refractivity contribution is 0.193. The van der Waals surface area contributed by atoms with Gasteiger partial charge in [-0.3, -0.25) is 4.68 Å². The zero-order valence-corrected chi connectivity index (χ0v) is 8.04. The third-order valence-corrected chi connectivity index (χ3v) is 2.85. The van der Waals surface area contributed by atoms with Crippen molar-refractivity contribution in [1.29, 1.82) is 0 Å². The average Bonchev–Trinajstić information content (AvgIpc) is 2.51. The van der Waals surface area contributed by atoms with Crippen LogP contribution >= 0.6 is 11.6 Å². The Balaban J connectivity index is 2.12. The number of nitrogens with zero attached hydrogens (tertiary/aromatic N) is 2. The van der Waals surface area contributed by atoms with Crippen molar-refractivity contribution in [3.8, 4) is 0 Å². The van der Waals surface area contributed by atoms with Gasteiger partial charge in [0.1, 0.15) is 11.3 Å². The van der Waals surface area contributed by atoms with Gasteiger partial charge in [0.15, 0.2) is 0 Å². The van der Waals surface area contributed by atoms with Crippen molar-refractivity contribution in [1.82, 2.24) is 9.78 Å². The smallest absolute Gasteiger partial charge is 0.127 e. The van der Waals surface area contributed by atoms with Crippen molar-refractivity contribution in [2.75, 3.05) is 0 Å². The Hall–Kier alpha value is -0.570. The fourth-order valence-corrected chi connectivity index (χ4v) is 2.13. The summed E-state index contributed by atoms with van der Waals surface area (Å²) in [4.78, 5) is 0. The number of rotatable bonds is 1. The molecule has 0 radical (unpaired) electrons. The minimum atomic E-state index is -0.681. The van der Waals surface area contributed by atoms with Gasteiger partial charge in [0.2, 0.25) is 0 Å². The van der Waals surface area contributed by atoms with Gasteiger partial charge in [0.05, 0.1) is 12.2 Å². The van der Waals surface area contributed by atoms with Crippen molar-refractivity contribution in [2.45, 2.75) is 37.9 Å². The largest absolute Gasteiger partial charge is 0.251 e. The van der Waals surface area contributed by atoms with Crippen LogP contribution in [0.15, 0.2) is 12.3 Å². The van der Waals surface area contributed by atoms with Gasteiger partial charge in [-0.15, -0.1) is 0 Å². The predicted molar refractivity (Wildman–Crippen MR) is 49.6 cm³/mol. The Bertz CT molecular complexity index is 287. The van der Waals surface area contributed by atoms with Crippen LogP contribution in [0, 0.1) is 0 Å². The van der Waals surface area contributed by atoms with E-state index in [1.807, 2.05) is 0 Å². The van der Waals surface area contributed by atoms with Crippen LogP contribution < -0.4 is 0 Å². The highest BCUT2D eigenvalue weighted by atomic mass is 35.5. The van der Waals surface area contributed by atoms with E-state index in [1.165, 1.54) is 0 Å². The summed E-state index contributed by atoms with van der Waals surface area (Å²) in [7, 11) is 0. The maximum atomic E-state index is 13.1. The van der Waals surface area contributed by atoms with Gasteiger partial charge in [-0.2, -0.15) is 5.10 Å². The molecule has 0 aromatic carbocycles. The average molecular weight is 203 g/mol. The molecule has 0 bridgehead atoms. The maximum absolute atomic E-state index is 13.1. The van der Waals surface area contributed by atoms with Crippen LogP contribution in [0.25, 0.3) is 0 Å². The van der Waals surface area contributed by atoms with E-state index in [9.17, 15) is 4.39 Å². The summed E-state index contributed by atoms with van der Waals surface area (Å²) < 4.78 is 14.8.